The fraction of sp³-hybridized carbons (Fsp3) is 0.176. The molecule has 2 rings (SSSR count). The van der Waals surface area contributed by atoms with Gasteiger partial charge in [0.1, 0.15) is 11.3 Å². The normalized spacial score (nSPS) is 10.0. The number of esters is 1. The molecule has 0 bridgehead atoms. The van der Waals surface area contributed by atoms with E-state index < -0.39 is 11.9 Å². The lowest BCUT2D eigenvalue weighted by Crippen LogP contribution is -2.10. The number of hydrogen-bond donors (Lipinski definition) is 2. The van der Waals surface area contributed by atoms with E-state index in [1.54, 1.807) is 0 Å². The monoisotopic (exact) mass is 348 g/mol. The highest BCUT2D eigenvalue weighted by molar-refractivity contribution is 5.95. The number of carboxylic acid groups (broad SMARTS) is 1. The molecule has 132 valence electrons. The van der Waals surface area contributed by atoms with Gasteiger partial charge >= 0.3 is 11.9 Å². The van der Waals surface area contributed by atoms with Crippen molar-refractivity contribution < 1.29 is 38.7 Å². The highest BCUT2D eigenvalue weighted by atomic mass is 16.6. The van der Waals surface area contributed by atoms with Gasteiger partial charge in [0.15, 0.2) is 23.0 Å². The second-order valence-corrected chi connectivity index (χ2v) is 4.78. The van der Waals surface area contributed by atoms with Crippen LogP contribution in [0.25, 0.3) is 0 Å². The maximum atomic E-state index is 12.3. The smallest absolute Gasteiger partial charge is 0.347 e. The number of methoxy groups -OCH3 is 3. The van der Waals surface area contributed by atoms with Crippen molar-refractivity contribution in [2.24, 2.45) is 0 Å². The lowest BCUT2D eigenvalue weighted by atomic mass is 10.1. The Morgan fingerprint density at radius 1 is 0.840 bits per heavy atom. The van der Waals surface area contributed by atoms with Crippen LogP contribution in [0.3, 0.4) is 0 Å². The molecule has 25 heavy (non-hydrogen) atoms. The molecule has 0 aromatic heterocycles. The molecule has 8 nitrogen and oxygen atoms in total. The van der Waals surface area contributed by atoms with Gasteiger partial charge in [-0.15, -0.1) is 0 Å². The number of aromatic hydroxyl groups is 1. The number of ether oxygens (including phenoxy) is 4. The van der Waals surface area contributed by atoms with Crippen molar-refractivity contribution in [2.75, 3.05) is 21.3 Å². The maximum absolute atomic E-state index is 12.3. The quantitative estimate of drug-likeness (QED) is 0.604. The minimum Gasteiger partial charge on any atom is -0.507 e. The third-order valence-electron chi connectivity index (χ3n) is 3.34. The molecule has 0 aliphatic heterocycles. The van der Waals surface area contributed by atoms with E-state index >= 15 is 0 Å². The zero-order valence-corrected chi connectivity index (χ0v) is 13.7. The molecule has 0 saturated heterocycles. The third kappa shape index (κ3) is 3.74. The second kappa shape index (κ2) is 7.43. The van der Waals surface area contributed by atoms with E-state index in [1.807, 2.05) is 0 Å². The molecule has 2 aromatic carbocycles. The predicted octanol–water partition coefficient (Wildman–Crippen LogP) is 2.34. The van der Waals surface area contributed by atoms with E-state index in [2.05, 4.69) is 0 Å². The van der Waals surface area contributed by atoms with E-state index in [9.17, 15) is 14.7 Å². The van der Waals surface area contributed by atoms with Crippen LogP contribution in [0.1, 0.15) is 20.7 Å². The number of benzene rings is 2. The Hall–Kier alpha value is -3.42. The molecule has 8 heteroatoms. The first-order valence-corrected chi connectivity index (χ1v) is 6.99. The summed E-state index contributed by atoms with van der Waals surface area (Å²) in [6.07, 6.45) is 0. The molecule has 0 aliphatic rings. The number of aromatic carboxylic acids is 1. The summed E-state index contributed by atoms with van der Waals surface area (Å²) in [6, 6.07) is 6.27. The number of hydrogen-bond acceptors (Lipinski definition) is 7. The zero-order valence-electron chi connectivity index (χ0n) is 13.7. The predicted molar refractivity (Wildman–Crippen MR) is 86.1 cm³/mol. The summed E-state index contributed by atoms with van der Waals surface area (Å²) in [5.41, 5.74) is -0.173. The first-order chi connectivity index (χ1) is 11.9. The van der Waals surface area contributed by atoms with Gasteiger partial charge in [-0.25, -0.2) is 9.59 Å². The van der Waals surface area contributed by atoms with Crippen LogP contribution in [0.5, 0.6) is 28.7 Å². The Labute approximate surface area is 143 Å². The van der Waals surface area contributed by atoms with Gasteiger partial charge in [-0.1, -0.05) is 0 Å². The molecule has 0 spiro atoms. The number of rotatable bonds is 6. The van der Waals surface area contributed by atoms with Crippen LogP contribution in [0.2, 0.25) is 0 Å². The van der Waals surface area contributed by atoms with Crippen molar-refractivity contribution in [2.45, 2.75) is 0 Å². The standard InChI is InChI=1S/C17H16O8/c1-22-13-6-9(16(19)20)4-5-12(13)25-17(21)10-7-14(23-2)15(24-3)8-11(10)18/h4-8,18H,1-3H3,(H,19,20). The first-order valence-electron chi connectivity index (χ1n) is 6.99. The van der Waals surface area contributed by atoms with Crippen LogP contribution < -0.4 is 18.9 Å². The molecule has 2 aromatic rings. The molecule has 0 radical (unpaired) electrons. The average Bonchev–Trinajstić information content (AvgIpc) is 2.61. The van der Waals surface area contributed by atoms with Crippen molar-refractivity contribution in [1.29, 1.82) is 0 Å². The topological polar surface area (TPSA) is 112 Å². The van der Waals surface area contributed by atoms with Gasteiger partial charge in [0, 0.05) is 12.1 Å². The minimum atomic E-state index is -1.14. The number of phenolic OH excluding ortho intramolecular Hbond substituents is 1. The number of phenols is 1. The highest BCUT2D eigenvalue weighted by Gasteiger charge is 2.20. The molecule has 0 amide bonds. The largest absolute Gasteiger partial charge is 0.507 e. The summed E-state index contributed by atoms with van der Waals surface area (Å²) in [5, 5.41) is 19.0. The molecular weight excluding hydrogens is 332 g/mol. The molecular formula is C17H16O8. The Morgan fingerprint density at radius 3 is 1.96 bits per heavy atom. The summed E-state index contributed by atoms with van der Waals surface area (Å²) >= 11 is 0. The van der Waals surface area contributed by atoms with Crippen LogP contribution in [0.15, 0.2) is 30.3 Å². The average molecular weight is 348 g/mol. The van der Waals surface area contributed by atoms with Gasteiger partial charge in [0.2, 0.25) is 0 Å². The third-order valence-corrected chi connectivity index (χ3v) is 3.34. The molecule has 0 heterocycles. The van der Waals surface area contributed by atoms with Crippen LogP contribution in [0, 0.1) is 0 Å². The summed E-state index contributed by atoms with van der Waals surface area (Å²) in [4.78, 5) is 23.3. The minimum absolute atomic E-state index is 0.00619. The number of carbonyl (C=O) groups is 2. The van der Waals surface area contributed by atoms with Gasteiger partial charge in [0.25, 0.3) is 0 Å². The Kier molecular flexibility index (Phi) is 5.33. The lowest BCUT2D eigenvalue weighted by molar-refractivity contribution is 0.0696. The first kappa shape index (κ1) is 17.9. The van der Waals surface area contributed by atoms with Gasteiger partial charge < -0.3 is 29.2 Å². The van der Waals surface area contributed by atoms with Gasteiger partial charge in [-0.3, -0.25) is 0 Å². The van der Waals surface area contributed by atoms with Crippen LogP contribution in [-0.2, 0) is 0 Å². The second-order valence-electron chi connectivity index (χ2n) is 4.78. The summed E-state index contributed by atoms with van der Waals surface area (Å²) in [7, 11) is 4.09. The van der Waals surface area contributed by atoms with E-state index in [-0.39, 0.29) is 39.9 Å². The fourth-order valence-electron chi connectivity index (χ4n) is 2.07. The molecule has 0 fully saturated rings. The van der Waals surface area contributed by atoms with Gasteiger partial charge in [0.05, 0.1) is 26.9 Å². The van der Waals surface area contributed by atoms with Gasteiger partial charge in [-0.05, 0) is 18.2 Å². The van der Waals surface area contributed by atoms with E-state index in [0.717, 1.165) is 0 Å². The van der Waals surface area contributed by atoms with Crippen molar-refractivity contribution in [3.8, 4) is 28.7 Å². The Balaban J connectivity index is 2.35. The Bertz CT molecular complexity index is 813. The summed E-state index contributed by atoms with van der Waals surface area (Å²) in [6.45, 7) is 0. The van der Waals surface area contributed by atoms with E-state index in [1.165, 1.54) is 51.7 Å². The van der Waals surface area contributed by atoms with Crippen LogP contribution in [-0.4, -0.2) is 43.5 Å². The number of carbonyl (C=O) groups excluding carboxylic acids is 1. The van der Waals surface area contributed by atoms with E-state index in [4.69, 9.17) is 24.1 Å². The molecule has 0 aliphatic carbocycles. The maximum Gasteiger partial charge on any atom is 0.347 e. The van der Waals surface area contributed by atoms with Crippen molar-refractivity contribution >= 4 is 11.9 Å². The summed E-state index contributed by atoms with van der Waals surface area (Å²) in [5.74, 6) is -1.82. The summed E-state index contributed by atoms with van der Waals surface area (Å²) < 4.78 is 20.3. The zero-order chi connectivity index (χ0) is 18.6. The lowest BCUT2D eigenvalue weighted by Gasteiger charge is -2.13. The molecule has 0 saturated carbocycles. The van der Waals surface area contributed by atoms with E-state index in [0.29, 0.717) is 0 Å². The SMILES string of the molecule is COc1cc(O)c(C(=O)Oc2ccc(C(=O)O)cc2OC)cc1OC. The highest BCUT2D eigenvalue weighted by Crippen LogP contribution is 2.35. The Morgan fingerprint density at radius 2 is 1.40 bits per heavy atom. The van der Waals surface area contributed by atoms with Crippen LogP contribution >= 0.6 is 0 Å². The number of carboxylic acids is 1. The fourth-order valence-corrected chi connectivity index (χ4v) is 2.07. The van der Waals surface area contributed by atoms with Crippen molar-refractivity contribution in [3.63, 3.8) is 0 Å². The van der Waals surface area contributed by atoms with Crippen molar-refractivity contribution in [3.05, 3.63) is 41.5 Å². The molecule has 0 atom stereocenters. The van der Waals surface area contributed by atoms with Crippen LogP contribution in [0.4, 0.5) is 0 Å². The van der Waals surface area contributed by atoms with Gasteiger partial charge in [-0.2, -0.15) is 0 Å². The van der Waals surface area contributed by atoms with Crippen molar-refractivity contribution in [1.82, 2.24) is 0 Å². The molecule has 2 N–H and O–H groups in total. The molecule has 0 unspecified atom stereocenters.